The first-order chi connectivity index (χ1) is 14.1. The molecule has 1 aliphatic rings. The number of ether oxygens (including phenoxy) is 2. The molecule has 152 valence electrons. The van der Waals surface area contributed by atoms with Gasteiger partial charge in [-0.3, -0.25) is 4.79 Å². The number of benzene rings is 2. The molecule has 1 aromatic heterocycles. The minimum absolute atomic E-state index is 0.00395. The molecule has 0 saturated carbocycles. The second-order valence-electron chi connectivity index (χ2n) is 7.11. The molecule has 3 aromatic rings. The van der Waals surface area contributed by atoms with Gasteiger partial charge in [-0.1, -0.05) is 29.5 Å². The number of hydrogen-bond acceptors (Lipinski definition) is 5. The smallest absolute Gasteiger partial charge is 0.274 e. The molecule has 29 heavy (non-hydrogen) atoms. The Balaban J connectivity index is 1.25. The monoisotopic (exact) mass is 414 g/mol. The van der Waals surface area contributed by atoms with Gasteiger partial charge in [0.15, 0.2) is 0 Å². The van der Waals surface area contributed by atoms with Gasteiger partial charge >= 0.3 is 0 Å². The van der Waals surface area contributed by atoms with E-state index in [-0.39, 0.29) is 17.8 Å². The van der Waals surface area contributed by atoms with Crippen molar-refractivity contribution in [3.05, 3.63) is 53.8 Å². The highest BCUT2D eigenvalue weighted by molar-refractivity contribution is 7.20. The molecule has 2 aromatic carbocycles. The van der Waals surface area contributed by atoms with Gasteiger partial charge in [0, 0.05) is 32.4 Å². The van der Waals surface area contributed by atoms with Crippen molar-refractivity contribution in [1.29, 1.82) is 0 Å². The van der Waals surface area contributed by atoms with E-state index < -0.39 is 0 Å². The Morgan fingerprint density at radius 3 is 2.66 bits per heavy atom. The first-order valence-electron chi connectivity index (χ1n) is 9.75. The van der Waals surface area contributed by atoms with E-state index in [1.807, 2.05) is 35.2 Å². The third-order valence-electron chi connectivity index (χ3n) is 5.20. The van der Waals surface area contributed by atoms with Crippen molar-refractivity contribution in [1.82, 2.24) is 9.88 Å². The van der Waals surface area contributed by atoms with Crippen LogP contribution in [-0.4, -0.2) is 42.1 Å². The molecule has 0 radical (unpaired) electrons. The number of amides is 1. The minimum Gasteiger partial charge on any atom is -0.497 e. The second-order valence-corrected chi connectivity index (χ2v) is 8.11. The summed E-state index contributed by atoms with van der Waals surface area (Å²) in [5.74, 6) is 0.658. The van der Waals surface area contributed by atoms with Crippen LogP contribution in [0.3, 0.4) is 0 Å². The summed E-state index contributed by atoms with van der Waals surface area (Å²) in [6.07, 6.45) is 2.73. The van der Waals surface area contributed by atoms with E-state index >= 15 is 0 Å². The number of fused-ring (bicyclic) bond motifs is 1. The fourth-order valence-electron chi connectivity index (χ4n) is 3.51. The number of para-hydroxylation sites is 1. The predicted molar refractivity (Wildman–Crippen MR) is 111 cm³/mol. The van der Waals surface area contributed by atoms with Gasteiger partial charge in [0.25, 0.3) is 5.19 Å². The van der Waals surface area contributed by atoms with Gasteiger partial charge in [-0.05, 0) is 36.2 Å². The lowest BCUT2D eigenvalue weighted by Crippen LogP contribution is -2.41. The number of piperidine rings is 1. The van der Waals surface area contributed by atoms with Crippen molar-refractivity contribution in [3.8, 4) is 10.9 Å². The van der Waals surface area contributed by atoms with Crippen molar-refractivity contribution in [2.24, 2.45) is 0 Å². The van der Waals surface area contributed by atoms with Crippen molar-refractivity contribution >= 4 is 27.5 Å². The highest BCUT2D eigenvalue weighted by Crippen LogP contribution is 2.31. The van der Waals surface area contributed by atoms with E-state index in [1.54, 1.807) is 13.2 Å². The molecule has 1 saturated heterocycles. The molecule has 1 amide bonds. The molecule has 0 aliphatic carbocycles. The Kier molecular flexibility index (Phi) is 5.94. The second kappa shape index (κ2) is 8.78. The van der Waals surface area contributed by atoms with Gasteiger partial charge in [0.05, 0.1) is 11.8 Å². The number of carbonyl (C=O) groups is 1. The van der Waals surface area contributed by atoms with Crippen LogP contribution in [0.1, 0.15) is 24.8 Å². The molecule has 0 atom stereocenters. The zero-order valence-corrected chi connectivity index (χ0v) is 17.1. The van der Waals surface area contributed by atoms with E-state index in [2.05, 4.69) is 4.98 Å². The lowest BCUT2D eigenvalue weighted by Gasteiger charge is -2.31. The van der Waals surface area contributed by atoms with Crippen LogP contribution < -0.4 is 9.47 Å². The Labute approximate surface area is 173 Å². The van der Waals surface area contributed by atoms with Crippen LogP contribution in [-0.2, 0) is 11.2 Å². The normalized spacial score (nSPS) is 14.9. The molecule has 0 N–H and O–H groups in total. The van der Waals surface area contributed by atoms with Crippen LogP contribution >= 0.6 is 11.3 Å². The maximum Gasteiger partial charge on any atom is 0.274 e. The van der Waals surface area contributed by atoms with Crippen LogP contribution in [0.2, 0.25) is 0 Å². The van der Waals surface area contributed by atoms with Crippen LogP contribution in [0.25, 0.3) is 10.2 Å². The number of thiazole rings is 1. The van der Waals surface area contributed by atoms with E-state index in [1.165, 1.54) is 17.4 Å². The zero-order valence-electron chi connectivity index (χ0n) is 16.3. The van der Waals surface area contributed by atoms with Gasteiger partial charge in [0.1, 0.15) is 23.2 Å². The summed E-state index contributed by atoms with van der Waals surface area (Å²) >= 11 is 1.36. The summed E-state index contributed by atoms with van der Waals surface area (Å²) in [7, 11) is 1.64. The average molecular weight is 415 g/mol. The maximum absolute atomic E-state index is 13.8. The van der Waals surface area contributed by atoms with Gasteiger partial charge in [-0.15, -0.1) is 0 Å². The van der Waals surface area contributed by atoms with Crippen LogP contribution in [0.4, 0.5) is 4.39 Å². The molecular weight excluding hydrogens is 391 g/mol. The number of aromatic nitrogens is 1. The molecule has 1 aliphatic heterocycles. The number of halogens is 1. The third-order valence-corrected chi connectivity index (χ3v) is 6.11. The number of hydrogen-bond donors (Lipinski definition) is 0. The lowest BCUT2D eigenvalue weighted by molar-refractivity contribution is -0.132. The quantitative estimate of drug-likeness (QED) is 0.598. The minimum atomic E-state index is -0.328. The Hall–Kier alpha value is -2.67. The van der Waals surface area contributed by atoms with Crippen LogP contribution in [0.5, 0.6) is 10.9 Å². The first kappa shape index (κ1) is 19.6. The SMILES string of the molecule is COc1ccc(CCC(=O)N2CCC(Oc3nc4c(F)cccc4s3)CC2)cc1. The summed E-state index contributed by atoms with van der Waals surface area (Å²) in [4.78, 5) is 18.7. The topological polar surface area (TPSA) is 51.7 Å². The number of nitrogens with zero attached hydrogens (tertiary/aromatic N) is 2. The van der Waals surface area contributed by atoms with Gasteiger partial charge in [-0.25, -0.2) is 4.39 Å². The largest absolute Gasteiger partial charge is 0.497 e. The Morgan fingerprint density at radius 1 is 1.21 bits per heavy atom. The average Bonchev–Trinajstić information content (AvgIpc) is 3.17. The molecular formula is C22H23FN2O3S. The molecule has 7 heteroatoms. The summed E-state index contributed by atoms with van der Waals surface area (Å²) < 4.78 is 25.7. The highest BCUT2D eigenvalue weighted by atomic mass is 32.1. The summed E-state index contributed by atoms with van der Waals surface area (Å²) in [5.41, 5.74) is 1.49. The van der Waals surface area contributed by atoms with Gasteiger partial charge in [0.2, 0.25) is 5.91 Å². The van der Waals surface area contributed by atoms with Crippen molar-refractivity contribution in [3.63, 3.8) is 0 Å². The predicted octanol–water partition coefficient (Wildman–Crippen LogP) is 4.45. The van der Waals surface area contributed by atoms with Crippen LogP contribution in [0, 0.1) is 5.82 Å². The first-order valence-corrected chi connectivity index (χ1v) is 10.6. The van der Waals surface area contributed by atoms with Crippen molar-refractivity contribution in [2.45, 2.75) is 31.8 Å². The molecule has 4 rings (SSSR count). The van der Waals surface area contributed by atoms with E-state index in [4.69, 9.17) is 9.47 Å². The fraction of sp³-hybridized carbons (Fsp3) is 0.364. The van der Waals surface area contributed by atoms with Crippen molar-refractivity contribution in [2.75, 3.05) is 20.2 Å². The molecule has 5 nitrogen and oxygen atoms in total. The van der Waals surface area contributed by atoms with E-state index in [0.717, 1.165) is 35.3 Å². The summed E-state index contributed by atoms with van der Waals surface area (Å²) in [5, 5.41) is 0.495. The number of likely N-dealkylation sites (tertiary alicyclic amines) is 1. The molecule has 0 bridgehead atoms. The standard InChI is InChI=1S/C22H23FN2O3S/c1-27-16-8-5-15(6-9-16)7-10-20(26)25-13-11-17(12-14-25)28-22-24-21-18(23)3-2-4-19(21)29-22/h2-6,8-9,17H,7,10-14H2,1H3. The third kappa shape index (κ3) is 4.67. The van der Waals surface area contributed by atoms with Gasteiger partial charge in [-0.2, -0.15) is 4.98 Å². The number of methoxy groups -OCH3 is 1. The molecule has 0 spiro atoms. The number of aryl methyl sites for hydroxylation is 1. The van der Waals surface area contributed by atoms with E-state index in [9.17, 15) is 9.18 Å². The maximum atomic E-state index is 13.8. The number of carbonyl (C=O) groups excluding carboxylic acids is 1. The number of rotatable bonds is 6. The lowest BCUT2D eigenvalue weighted by atomic mass is 10.1. The summed E-state index contributed by atoms with van der Waals surface area (Å²) in [6, 6.07) is 12.7. The van der Waals surface area contributed by atoms with E-state index in [0.29, 0.717) is 30.2 Å². The van der Waals surface area contributed by atoms with Crippen LogP contribution in [0.15, 0.2) is 42.5 Å². The molecule has 0 unspecified atom stereocenters. The zero-order chi connectivity index (χ0) is 20.2. The summed E-state index contributed by atoms with van der Waals surface area (Å²) in [6.45, 7) is 1.34. The Bertz CT molecular complexity index is 981. The molecule has 1 fully saturated rings. The van der Waals surface area contributed by atoms with Gasteiger partial charge < -0.3 is 14.4 Å². The fourth-order valence-corrected chi connectivity index (χ4v) is 4.41. The highest BCUT2D eigenvalue weighted by Gasteiger charge is 2.24. The van der Waals surface area contributed by atoms with Crippen molar-refractivity contribution < 1.29 is 18.7 Å². The molecule has 2 heterocycles. The Morgan fingerprint density at radius 2 is 1.97 bits per heavy atom.